The van der Waals surface area contributed by atoms with Gasteiger partial charge in [-0.25, -0.2) is 0 Å². The molecular formula is C18H21NO2. The summed E-state index contributed by atoms with van der Waals surface area (Å²) < 4.78 is 5.79. The molecule has 3 heteroatoms. The molecule has 0 bridgehead atoms. The highest BCUT2D eigenvalue weighted by atomic mass is 16.5. The van der Waals surface area contributed by atoms with Gasteiger partial charge < -0.3 is 10.1 Å². The number of benzene rings is 2. The van der Waals surface area contributed by atoms with Crippen LogP contribution in [0.1, 0.15) is 24.5 Å². The van der Waals surface area contributed by atoms with Gasteiger partial charge in [0.05, 0.1) is 0 Å². The Kier molecular flexibility index (Phi) is 5.83. The van der Waals surface area contributed by atoms with E-state index in [-0.39, 0.29) is 5.91 Å². The Hall–Kier alpha value is -2.29. The molecule has 110 valence electrons. The van der Waals surface area contributed by atoms with Gasteiger partial charge in [0.2, 0.25) is 5.91 Å². The van der Waals surface area contributed by atoms with Gasteiger partial charge in [0, 0.05) is 13.0 Å². The number of nitrogens with one attached hydrogen (secondary N) is 1. The van der Waals surface area contributed by atoms with Gasteiger partial charge in [-0.05, 0) is 29.7 Å². The molecule has 2 aromatic rings. The van der Waals surface area contributed by atoms with E-state index in [9.17, 15) is 4.79 Å². The first kappa shape index (κ1) is 15.1. The number of ether oxygens (including phenoxy) is 1. The molecule has 0 aromatic heterocycles. The maximum atomic E-state index is 11.2. The molecule has 0 heterocycles. The average molecular weight is 283 g/mol. The van der Waals surface area contributed by atoms with Gasteiger partial charge in [0.1, 0.15) is 12.4 Å². The third-order valence-electron chi connectivity index (χ3n) is 3.20. The van der Waals surface area contributed by atoms with Gasteiger partial charge in [-0.1, -0.05) is 49.4 Å². The second-order valence-electron chi connectivity index (χ2n) is 4.88. The summed E-state index contributed by atoms with van der Waals surface area (Å²) in [4.78, 5) is 11.2. The molecule has 0 atom stereocenters. The van der Waals surface area contributed by atoms with E-state index in [1.54, 1.807) is 0 Å². The largest absolute Gasteiger partial charge is 0.489 e. The van der Waals surface area contributed by atoms with E-state index < -0.39 is 0 Å². The third-order valence-corrected chi connectivity index (χ3v) is 3.20. The topological polar surface area (TPSA) is 38.3 Å². The van der Waals surface area contributed by atoms with E-state index in [0.717, 1.165) is 23.3 Å². The molecule has 21 heavy (non-hydrogen) atoms. The number of rotatable bonds is 7. The Morgan fingerprint density at radius 1 is 1.05 bits per heavy atom. The first-order chi connectivity index (χ1) is 10.3. The first-order valence-electron chi connectivity index (χ1n) is 7.30. The Labute approximate surface area is 126 Å². The van der Waals surface area contributed by atoms with Crippen molar-refractivity contribution in [3.05, 3.63) is 65.7 Å². The predicted octanol–water partition coefficient (Wildman–Crippen LogP) is 3.33. The van der Waals surface area contributed by atoms with Crippen LogP contribution in [0.3, 0.4) is 0 Å². The zero-order valence-electron chi connectivity index (χ0n) is 12.3. The maximum absolute atomic E-state index is 11.2. The highest BCUT2D eigenvalue weighted by Crippen LogP contribution is 2.15. The molecule has 0 aliphatic heterocycles. The summed E-state index contributed by atoms with van der Waals surface area (Å²) in [5, 5.41) is 2.88. The average Bonchev–Trinajstić information content (AvgIpc) is 2.54. The molecule has 0 aliphatic carbocycles. The monoisotopic (exact) mass is 283 g/mol. The lowest BCUT2D eigenvalue weighted by Gasteiger charge is -2.09. The Bertz CT molecular complexity index is 566. The fourth-order valence-corrected chi connectivity index (χ4v) is 2.00. The van der Waals surface area contributed by atoms with Crippen molar-refractivity contribution in [2.45, 2.75) is 26.4 Å². The quantitative estimate of drug-likeness (QED) is 0.846. The molecule has 0 aliphatic rings. The summed E-state index contributed by atoms with van der Waals surface area (Å²) in [5.41, 5.74) is 2.31. The van der Waals surface area contributed by atoms with Gasteiger partial charge in [-0.2, -0.15) is 0 Å². The van der Waals surface area contributed by atoms with E-state index in [2.05, 4.69) is 5.32 Å². The summed E-state index contributed by atoms with van der Waals surface area (Å²) in [6.07, 6.45) is 1.34. The highest BCUT2D eigenvalue weighted by Gasteiger charge is 2.00. The van der Waals surface area contributed by atoms with Crippen molar-refractivity contribution in [2.24, 2.45) is 0 Å². The van der Waals surface area contributed by atoms with Crippen LogP contribution in [0, 0.1) is 0 Å². The molecule has 0 radical (unpaired) electrons. The van der Waals surface area contributed by atoms with Crippen LogP contribution < -0.4 is 10.1 Å². The van der Waals surface area contributed by atoms with Crippen molar-refractivity contribution in [1.82, 2.24) is 5.32 Å². The predicted molar refractivity (Wildman–Crippen MR) is 84.2 cm³/mol. The lowest BCUT2D eigenvalue weighted by Crippen LogP contribution is -2.24. The standard InChI is InChI=1S/C18H21NO2/c1-2-18(20)19-12-11-15-9-6-10-17(13-15)21-14-16-7-4-3-5-8-16/h3-10,13H,2,11-12,14H2,1H3,(H,19,20). The van der Waals surface area contributed by atoms with E-state index in [1.165, 1.54) is 0 Å². The molecule has 1 amide bonds. The zero-order valence-corrected chi connectivity index (χ0v) is 12.3. The van der Waals surface area contributed by atoms with Gasteiger partial charge in [0.15, 0.2) is 0 Å². The highest BCUT2D eigenvalue weighted by molar-refractivity contribution is 5.75. The van der Waals surface area contributed by atoms with Crippen LogP contribution in [-0.4, -0.2) is 12.5 Å². The van der Waals surface area contributed by atoms with Crippen molar-refractivity contribution < 1.29 is 9.53 Å². The number of carbonyl (C=O) groups is 1. The number of hydrogen-bond donors (Lipinski definition) is 1. The van der Waals surface area contributed by atoms with Crippen molar-refractivity contribution >= 4 is 5.91 Å². The summed E-state index contributed by atoms with van der Waals surface area (Å²) in [6, 6.07) is 18.1. The number of carbonyl (C=O) groups excluding carboxylic acids is 1. The summed E-state index contributed by atoms with van der Waals surface area (Å²) >= 11 is 0. The molecule has 2 aromatic carbocycles. The van der Waals surface area contributed by atoms with Crippen LogP contribution in [0.4, 0.5) is 0 Å². The Morgan fingerprint density at radius 3 is 2.57 bits per heavy atom. The molecule has 0 fully saturated rings. The van der Waals surface area contributed by atoms with Gasteiger partial charge in [-0.3, -0.25) is 4.79 Å². The summed E-state index contributed by atoms with van der Waals surface area (Å²) in [5.74, 6) is 0.949. The molecule has 0 saturated heterocycles. The van der Waals surface area contributed by atoms with Gasteiger partial charge in [-0.15, -0.1) is 0 Å². The minimum atomic E-state index is 0.0893. The zero-order chi connectivity index (χ0) is 14.9. The Balaban J connectivity index is 1.84. The summed E-state index contributed by atoms with van der Waals surface area (Å²) in [6.45, 7) is 3.08. The van der Waals surface area contributed by atoms with Crippen molar-refractivity contribution in [2.75, 3.05) is 6.54 Å². The van der Waals surface area contributed by atoms with Gasteiger partial charge in [0.25, 0.3) is 0 Å². The minimum Gasteiger partial charge on any atom is -0.489 e. The van der Waals surface area contributed by atoms with E-state index >= 15 is 0 Å². The fourth-order valence-electron chi connectivity index (χ4n) is 2.00. The van der Waals surface area contributed by atoms with Crippen molar-refractivity contribution in [3.63, 3.8) is 0 Å². The van der Waals surface area contributed by atoms with Crippen LogP contribution in [0.25, 0.3) is 0 Å². The second-order valence-corrected chi connectivity index (χ2v) is 4.88. The van der Waals surface area contributed by atoms with Crippen LogP contribution in [0.15, 0.2) is 54.6 Å². The van der Waals surface area contributed by atoms with E-state index in [0.29, 0.717) is 19.6 Å². The number of amides is 1. The van der Waals surface area contributed by atoms with Crippen LogP contribution >= 0.6 is 0 Å². The maximum Gasteiger partial charge on any atom is 0.219 e. The van der Waals surface area contributed by atoms with Gasteiger partial charge >= 0.3 is 0 Å². The second kappa shape index (κ2) is 8.10. The lowest BCUT2D eigenvalue weighted by molar-refractivity contribution is -0.120. The third kappa shape index (κ3) is 5.30. The fraction of sp³-hybridized carbons (Fsp3) is 0.278. The molecule has 0 unspecified atom stereocenters. The molecule has 0 saturated carbocycles. The number of hydrogen-bond acceptors (Lipinski definition) is 2. The smallest absolute Gasteiger partial charge is 0.219 e. The molecule has 3 nitrogen and oxygen atoms in total. The SMILES string of the molecule is CCC(=O)NCCc1cccc(OCc2ccccc2)c1. The summed E-state index contributed by atoms with van der Waals surface area (Å²) in [7, 11) is 0. The molecule has 2 rings (SSSR count). The van der Waals surface area contributed by atoms with E-state index in [1.807, 2.05) is 61.5 Å². The van der Waals surface area contributed by atoms with Crippen LogP contribution in [0.5, 0.6) is 5.75 Å². The first-order valence-corrected chi connectivity index (χ1v) is 7.30. The molecule has 0 spiro atoms. The van der Waals surface area contributed by atoms with E-state index in [4.69, 9.17) is 4.74 Å². The van der Waals surface area contributed by atoms with Crippen molar-refractivity contribution in [3.8, 4) is 5.75 Å². The molecular weight excluding hydrogens is 262 g/mol. The normalized spacial score (nSPS) is 10.1. The minimum absolute atomic E-state index is 0.0893. The lowest BCUT2D eigenvalue weighted by atomic mass is 10.1. The van der Waals surface area contributed by atoms with Crippen LogP contribution in [-0.2, 0) is 17.8 Å². The van der Waals surface area contributed by atoms with Crippen molar-refractivity contribution in [1.29, 1.82) is 0 Å². The molecule has 1 N–H and O–H groups in total. The Morgan fingerprint density at radius 2 is 1.81 bits per heavy atom. The van der Waals surface area contributed by atoms with Crippen LogP contribution in [0.2, 0.25) is 0 Å².